The van der Waals surface area contributed by atoms with Crippen LogP contribution in [0.5, 0.6) is 0 Å². The molecule has 0 amide bonds. The summed E-state index contributed by atoms with van der Waals surface area (Å²) >= 11 is -1.45. The van der Waals surface area contributed by atoms with Crippen molar-refractivity contribution in [2.45, 2.75) is 66.2 Å². The van der Waals surface area contributed by atoms with Crippen LogP contribution in [0.3, 0.4) is 0 Å². The van der Waals surface area contributed by atoms with Crippen LogP contribution >= 0.6 is 21.2 Å². The molecule has 1 rings (SSSR count). The first-order chi connectivity index (χ1) is 11.7. The zero-order valence-corrected chi connectivity index (χ0v) is 17.8. The number of hydrogen-bond acceptors (Lipinski definition) is 2. The van der Waals surface area contributed by atoms with Gasteiger partial charge in [-0.05, 0) is 44.9 Å². The SMILES string of the molecule is CC.CCCC(/C=C1/CC=CCC1)C\C=C/C=C\C(C)=C(/O)I=O. The van der Waals surface area contributed by atoms with Crippen LogP contribution in [0.25, 0.3) is 0 Å². The lowest BCUT2D eigenvalue weighted by Crippen LogP contribution is -1.98. The Hall–Kier alpha value is -0.970. The van der Waals surface area contributed by atoms with Gasteiger partial charge in [-0.25, -0.2) is 0 Å². The predicted octanol–water partition coefficient (Wildman–Crippen LogP) is 7.70. The third kappa shape index (κ3) is 10.7. The van der Waals surface area contributed by atoms with Crippen LogP contribution in [0.15, 0.2) is 57.4 Å². The van der Waals surface area contributed by atoms with E-state index in [1.54, 1.807) is 12.5 Å². The van der Waals surface area contributed by atoms with Gasteiger partial charge in [0.05, 0.1) is 0 Å². The van der Waals surface area contributed by atoms with Gasteiger partial charge in [0.15, 0.2) is 3.77 Å². The fourth-order valence-corrected chi connectivity index (χ4v) is 3.04. The third-order valence-corrected chi connectivity index (χ3v) is 5.01. The zero-order chi connectivity index (χ0) is 18.2. The summed E-state index contributed by atoms with van der Waals surface area (Å²) in [4.78, 5) is 0. The van der Waals surface area contributed by atoms with Gasteiger partial charge in [0.1, 0.15) is 0 Å². The smallest absolute Gasteiger partial charge is 0.221 e. The monoisotopic (exact) mass is 444 g/mol. The van der Waals surface area contributed by atoms with Crippen LogP contribution in [0.4, 0.5) is 0 Å². The minimum Gasteiger partial charge on any atom is -0.500 e. The number of halogens is 1. The summed E-state index contributed by atoms with van der Waals surface area (Å²) in [5, 5.41) is 9.35. The lowest BCUT2D eigenvalue weighted by molar-refractivity contribution is 0.459. The molecule has 0 spiro atoms. The Bertz CT molecular complexity index is 496. The van der Waals surface area contributed by atoms with Crippen LogP contribution in [0.1, 0.15) is 66.2 Å². The quantitative estimate of drug-likeness (QED) is 0.180. The lowest BCUT2D eigenvalue weighted by Gasteiger charge is -2.14. The first-order valence-electron chi connectivity index (χ1n) is 9.02. The summed E-state index contributed by atoms with van der Waals surface area (Å²) in [6, 6.07) is 0. The first kappa shape index (κ1) is 23.0. The number of rotatable bonds is 8. The normalized spacial score (nSPS) is 18.6. The first-order valence-corrected chi connectivity index (χ1v) is 11.0. The Labute approximate surface area is 158 Å². The minimum absolute atomic E-state index is 0.0300. The summed E-state index contributed by atoms with van der Waals surface area (Å²) < 4.78 is 10.7. The molecule has 0 aromatic carbocycles. The zero-order valence-electron chi connectivity index (χ0n) is 15.6. The van der Waals surface area contributed by atoms with Crippen molar-refractivity contribution in [3.8, 4) is 0 Å². The van der Waals surface area contributed by atoms with Crippen LogP contribution in [-0.2, 0) is 3.07 Å². The van der Waals surface area contributed by atoms with E-state index in [-0.39, 0.29) is 3.77 Å². The van der Waals surface area contributed by atoms with Gasteiger partial charge in [0.25, 0.3) is 0 Å². The van der Waals surface area contributed by atoms with Gasteiger partial charge >= 0.3 is 0 Å². The van der Waals surface area contributed by atoms with Crippen molar-refractivity contribution in [1.82, 2.24) is 0 Å². The molecular weight excluding hydrogens is 411 g/mol. The highest BCUT2D eigenvalue weighted by Gasteiger charge is 2.06. The molecular formula is C21H33IO2. The Balaban J connectivity index is 0.00000254. The average Bonchev–Trinajstić information content (AvgIpc) is 2.63. The molecule has 0 aromatic heterocycles. The summed E-state index contributed by atoms with van der Waals surface area (Å²) in [6.45, 7) is 8.01. The van der Waals surface area contributed by atoms with Gasteiger partial charge in [-0.2, -0.15) is 0 Å². The molecule has 0 saturated carbocycles. The molecule has 0 aliphatic heterocycles. The largest absolute Gasteiger partial charge is 0.500 e. The molecule has 1 aliphatic carbocycles. The van der Waals surface area contributed by atoms with Gasteiger partial charge in [-0.1, -0.05) is 75.3 Å². The maximum atomic E-state index is 10.6. The molecule has 0 fully saturated rings. The van der Waals surface area contributed by atoms with E-state index in [1.807, 2.05) is 32.1 Å². The molecule has 1 aliphatic rings. The lowest BCUT2D eigenvalue weighted by atomic mass is 9.92. The molecule has 2 nitrogen and oxygen atoms in total. The molecule has 1 N–H and O–H groups in total. The highest BCUT2D eigenvalue weighted by Crippen LogP contribution is 2.23. The molecule has 136 valence electrons. The highest BCUT2D eigenvalue weighted by atomic mass is 127. The van der Waals surface area contributed by atoms with Crippen molar-refractivity contribution in [2.24, 2.45) is 5.92 Å². The van der Waals surface area contributed by atoms with E-state index in [4.69, 9.17) is 0 Å². The fourth-order valence-electron chi connectivity index (χ4n) is 2.51. The second kappa shape index (κ2) is 15.6. The number of aliphatic hydroxyl groups is 1. The van der Waals surface area contributed by atoms with Gasteiger partial charge in [-0.15, -0.1) is 0 Å². The van der Waals surface area contributed by atoms with Crippen molar-refractivity contribution in [2.75, 3.05) is 0 Å². The van der Waals surface area contributed by atoms with E-state index in [9.17, 15) is 8.18 Å². The molecule has 0 saturated heterocycles. The van der Waals surface area contributed by atoms with E-state index in [1.165, 1.54) is 25.7 Å². The van der Waals surface area contributed by atoms with Crippen LogP contribution in [0, 0.1) is 5.92 Å². The van der Waals surface area contributed by atoms with E-state index >= 15 is 0 Å². The Morgan fingerprint density at radius 1 is 1.33 bits per heavy atom. The van der Waals surface area contributed by atoms with Gasteiger partial charge in [-0.3, -0.25) is 3.07 Å². The van der Waals surface area contributed by atoms with E-state index < -0.39 is 21.2 Å². The van der Waals surface area contributed by atoms with E-state index in [0.29, 0.717) is 11.5 Å². The topological polar surface area (TPSA) is 37.3 Å². The van der Waals surface area contributed by atoms with Crippen LogP contribution in [-0.4, -0.2) is 5.11 Å². The Morgan fingerprint density at radius 2 is 2.08 bits per heavy atom. The molecule has 1 atom stereocenters. The fraction of sp³-hybridized carbons (Fsp3) is 0.524. The number of hydrogen-bond donors (Lipinski definition) is 1. The molecule has 0 radical (unpaired) electrons. The molecule has 0 aromatic rings. The molecule has 0 bridgehead atoms. The van der Waals surface area contributed by atoms with Gasteiger partial charge < -0.3 is 5.11 Å². The maximum Gasteiger partial charge on any atom is 0.221 e. The van der Waals surface area contributed by atoms with E-state index in [0.717, 1.165) is 12.8 Å². The van der Waals surface area contributed by atoms with Crippen molar-refractivity contribution < 1.29 is 8.18 Å². The third-order valence-electron chi connectivity index (χ3n) is 3.74. The van der Waals surface area contributed by atoms with Crippen molar-refractivity contribution >= 4 is 21.2 Å². The predicted molar refractivity (Wildman–Crippen MR) is 114 cm³/mol. The summed E-state index contributed by atoms with van der Waals surface area (Å²) in [7, 11) is 0. The molecule has 24 heavy (non-hydrogen) atoms. The Morgan fingerprint density at radius 3 is 2.67 bits per heavy atom. The number of allylic oxidation sites excluding steroid dienone is 9. The minimum atomic E-state index is -1.45. The van der Waals surface area contributed by atoms with Gasteiger partial charge in [0, 0.05) is 5.57 Å². The van der Waals surface area contributed by atoms with Crippen molar-refractivity contribution in [3.05, 3.63) is 57.4 Å². The van der Waals surface area contributed by atoms with Crippen molar-refractivity contribution in [1.29, 1.82) is 0 Å². The molecule has 0 heterocycles. The second-order valence-electron chi connectivity index (χ2n) is 5.66. The number of aliphatic hydroxyl groups excluding tert-OH is 1. The van der Waals surface area contributed by atoms with Crippen LogP contribution < -0.4 is 0 Å². The Kier molecular flexibility index (Phi) is 14.9. The molecule has 3 heteroatoms. The summed E-state index contributed by atoms with van der Waals surface area (Å²) in [6.07, 6.45) is 21.9. The van der Waals surface area contributed by atoms with Crippen molar-refractivity contribution in [3.63, 3.8) is 0 Å². The standard InChI is InChI=1S/C19H27IO2.C2H6/c1-3-10-17(15-18-13-8-5-9-14-18)12-7-4-6-11-16(2)19(21)20-22;1-2/h4-8,11,15,17,21H,3,9-10,12-14H2,1-2H3;1-2H3/b7-4-,11-6-,18-15-,19-16-;. The molecule has 1 unspecified atom stereocenters. The maximum absolute atomic E-state index is 10.6. The second-order valence-corrected chi connectivity index (χ2v) is 7.12. The van der Waals surface area contributed by atoms with Gasteiger partial charge in [0.2, 0.25) is 21.2 Å². The highest BCUT2D eigenvalue weighted by molar-refractivity contribution is 14.2. The summed E-state index contributed by atoms with van der Waals surface area (Å²) in [5.74, 6) is 0.619. The van der Waals surface area contributed by atoms with Crippen LogP contribution in [0.2, 0.25) is 0 Å². The van der Waals surface area contributed by atoms with E-state index in [2.05, 4.69) is 31.2 Å². The summed E-state index contributed by atoms with van der Waals surface area (Å²) in [5.41, 5.74) is 2.27. The average molecular weight is 444 g/mol.